The van der Waals surface area contributed by atoms with Gasteiger partial charge in [0.05, 0.1) is 11.7 Å². The van der Waals surface area contributed by atoms with Crippen LogP contribution in [-0.4, -0.2) is 69.0 Å². The molecule has 194 valence electrons. The number of rotatable bonds is 10. The van der Waals surface area contributed by atoms with E-state index in [0.717, 1.165) is 6.33 Å². The van der Waals surface area contributed by atoms with Crippen LogP contribution >= 0.6 is 7.60 Å². The van der Waals surface area contributed by atoms with E-state index in [9.17, 15) is 24.8 Å². The van der Waals surface area contributed by atoms with Gasteiger partial charge in [0.25, 0.3) is 0 Å². The van der Waals surface area contributed by atoms with Gasteiger partial charge in [0, 0.05) is 11.3 Å². The highest BCUT2D eigenvalue weighted by Gasteiger charge is 2.52. The summed E-state index contributed by atoms with van der Waals surface area (Å²) in [6.07, 6.45) is -4.00. The summed E-state index contributed by atoms with van der Waals surface area (Å²) in [6, 6.07) is 0. The molecule has 3 rings (SSSR count). The van der Waals surface area contributed by atoms with Crippen molar-refractivity contribution in [2.45, 2.75) is 88.9 Å². The summed E-state index contributed by atoms with van der Waals surface area (Å²) < 4.78 is 25.7. The SMILES string of the molecule is CCC(C)(CC1O[C@@H](n2c(N=[N+]=[N-])nc3c(N)ncnc32)[C@H](O)C1O)OP(=O)(O)C(O)(CC)CC. The molecule has 0 radical (unpaired) electrons. The van der Waals surface area contributed by atoms with E-state index >= 15 is 0 Å². The van der Waals surface area contributed by atoms with Crippen molar-refractivity contribution < 1.29 is 34.0 Å². The molecule has 0 aromatic carbocycles. The lowest BCUT2D eigenvalue weighted by atomic mass is 9.93. The van der Waals surface area contributed by atoms with Gasteiger partial charge in [-0.2, -0.15) is 0 Å². The van der Waals surface area contributed by atoms with Gasteiger partial charge in [-0.1, -0.05) is 20.8 Å². The van der Waals surface area contributed by atoms with Crippen LogP contribution in [0.3, 0.4) is 0 Å². The minimum absolute atomic E-state index is 0.00128. The van der Waals surface area contributed by atoms with Gasteiger partial charge >= 0.3 is 7.60 Å². The number of anilines is 1. The second kappa shape index (κ2) is 9.96. The Labute approximate surface area is 201 Å². The molecule has 6 N–H and O–H groups in total. The minimum atomic E-state index is -4.51. The first-order chi connectivity index (χ1) is 16.4. The molecular formula is C19H31N8O7P. The standard InChI is InChI=1S/C19H31N8O7P/c1-5-18(4,34-35(31,32)19(30,6-2)7-3)8-10-12(28)13(29)16(33-10)27-15-11(14(20)22-9-23-15)24-17(27)25-26-21/h9-10,12-13,16,28-30H,5-8H2,1-4H3,(H,31,32)(H2,20,22,23)/t10?,12?,13-,16-,18?/m1/s1. The fourth-order valence-corrected chi connectivity index (χ4v) is 5.85. The third kappa shape index (κ3) is 4.86. The molecule has 15 nitrogen and oxygen atoms in total. The van der Waals surface area contributed by atoms with Gasteiger partial charge in [0.1, 0.15) is 18.5 Å². The number of aliphatic hydroxyl groups is 3. The van der Waals surface area contributed by atoms with E-state index in [1.54, 1.807) is 27.7 Å². The molecule has 6 atom stereocenters. The van der Waals surface area contributed by atoms with Gasteiger partial charge in [0.2, 0.25) is 5.95 Å². The van der Waals surface area contributed by atoms with E-state index in [0.29, 0.717) is 0 Å². The summed E-state index contributed by atoms with van der Waals surface area (Å²) in [5.74, 6) is -0.199. The average molecular weight is 514 g/mol. The first kappa shape index (κ1) is 27.2. The van der Waals surface area contributed by atoms with Crippen LogP contribution in [0.5, 0.6) is 0 Å². The number of aliphatic hydroxyl groups excluding tert-OH is 2. The largest absolute Gasteiger partial charge is 0.388 e. The van der Waals surface area contributed by atoms with Crippen LogP contribution in [-0.2, 0) is 13.8 Å². The third-order valence-electron chi connectivity index (χ3n) is 6.60. The molecule has 0 spiro atoms. The smallest absolute Gasteiger partial charge is 0.359 e. The first-order valence-corrected chi connectivity index (χ1v) is 12.8. The molecule has 0 amide bonds. The van der Waals surface area contributed by atoms with E-state index < -0.39 is 43.1 Å². The van der Waals surface area contributed by atoms with Crippen molar-refractivity contribution in [3.63, 3.8) is 0 Å². The van der Waals surface area contributed by atoms with Crippen molar-refractivity contribution in [2.24, 2.45) is 5.11 Å². The number of hydrogen-bond donors (Lipinski definition) is 5. The highest BCUT2D eigenvalue weighted by atomic mass is 31.2. The van der Waals surface area contributed by atoms with Crippen LogP contribution in [0, 0.1) is 0 Å². The molecular weight excluding hydrogens is 483 g/mol. The quantitative estimate of drug-likeness (QED) is 0.133. The van der Waals surface area contributed by atoms with Crippen LogP contribution in [0.15, 0.2) is 11.4 Å². The second-order valence-electron chi connectivity index (χ2n) is 8.76. The van der Waals surface area contributed by atoms with Crippen LogP contribution in [0.4, 0.5) is 11.8 Å². The molecule has 2 aromatic rings. The van der Waals surface area contributed by atoms with Gasteiger partial charge < -0.3 is 35.2 Å². The van der Waals surface area contributed by atoms with E-state index in [4.69, 9.17) is 20.5 Å². The normalized spacial score (nSPS) is 26.3. The number of nitrogen functional groups attached to an aromatic ring is 1. The van der Waals surface area contributed by atoms with E-state index in [2.05, 4.69) is 25.0 Å². The number of nitrogens with two attached hydrogens (primary N) is 1. The fraction of sp³-hybridized carbons (Fsp3) is 0.737. The first-order valence-electron chi connectivity index (χ1n) is 11.2. The summed E-state index contributed by atoms with van der Waals surface area (Å²) in [5, 5.41) is 33.8. The Kier molecular flexibility index (Phi) is 7.75. The number of hydrogen-bond acceptors (Lipinski definition) is 11. The lowest BCUT2D eigenvalue weighted by Crippen LogP contribution is -2.40. The number of fused-ring (bicyclic) bond motifs is 1. The van der Waals surface area contributed by atoms with Gasteiger partial charge in [-0.3, -0.25) is 9.13 Å². The van der Waals surface area contributed by atoms with Crippen LogP contribution in [0.2, 0.25) is 0 Å². The van der Waals surface area contributed by atoms with Crippen molar-refractivity contribution in [2.75, 3.05) is 5.73 Å². The van der Waals surface area contributed by atoms with Crippen LogP contribution in [0.25, 0.3) is 21.6 Å². The Hall–Kier alpha value is -2.35. The molecule has 2 aromatic heterocycles. The molecule has 16 heteroatoms. The zero-order valence-corrected chi connectivity index (χ0v) is 20.8. The number of aromatic nitrogens is 4. The molecule has 0 aliphatic carbocycles. The van der Waals surface area contributed by atoms with E-state index in [-0.39, 0.29) is 48.6 Å². The van der Waals surface area contributed by atoms with E-state index in [1.165, 1.54) is 4.57 Å². The predicted molar refractivity (Wildman–Crippen MR) is 124 cm³/mol. The van der Waals surface area contributed by atoms with Crippen molar-refractivity contribution in [3.8, 4) is 0 Å². The molecule has 1 fully saturated rings. The maximum absolute atomic E-state index is 13.0. The number of azide groups is 1. The highest BCUT2D eigenvalue weighted by molar-refractivity contribution is 7.54. The lowest BCUT2D eigenvalue weighted by molar-refractivity contribution is -0.0691. The second-order valence-corrected chi connectivity index (χ2v) is 10.8. The van der Waals surface area contributed by atoms with Crippen LogP contribution < -0.4 is 5.73 Å². The van der Waals surface area contributed by atoms with Crippen LogP contribution in [0.1, 0.15) is 59.6 Å². The van der Waals surface area contributed by atoms with Crippen molar-refractivity contribution in [3.05, 3.63) is 16.8 Å². The Morgan fingerprint density at radius 3 is 2.51 bits per heavy atom. The summed E-state index contributed by atoms with van der Waals surface area (Å²) in [7, 11) is -4.51. The van der Waals surface area contributed by atoms with Gasteiger partial charge in [-0.05, 0) is 36.8 Å². The highest BCUT2D eigenvalue weighted by Crippen LogP contribution is 2.60. The van der Waals surface area contributed by atoms with Crippen molar-refractivity contribution in [1.29, 1.82) is 0 Å². The molecule has 1 aliphatic heterocycles. The predicted octanol–water partition coefficient (Wildman–Crippen LogP) is 2.24. The Balaban J connectivity index is 1.94. The minimum Gasteiger partial charge on any atom is -0.388 e. The third-order valence-corrected chi connectivity index (χ3v) is 8.97. The topological polar surface area (TPSA) is 235 Å². The van der Waals surface area contributed by atoms with Gasteiger partial charge in [0.15, 0.2) is 28.6 Å². The van der Waals surface area contributed by atoms with Crippen molar-refractivity contribution in [1.82, 2.24) is 19.5 Å². The monoisotopic (exact) mass is 514 g/mol. The van der Waals surface area contributed by atoms with Crippen molar-refractivity contribution >= 4 is 30.5 Å². The average Bonchev–Trinajstić information content (AvgIpc) is 3.31. The zero-order valence-electron chi connectivity index (χ0n) is 19.9. The molecule has 1 aliphatic rings. The maximum Gasteiger partial charge on any atom is 0.359 e. The lowest BCUT2D eigenvalue weighted by Gasteiger charge is -2.38. The summed E-state index contributed by atoms with van der Waals surface area (Å²) in [4.78, 5) is 25.4. The number of imidazole rings is 1. The fourth-order valence-electron chi connectivity index (χ4n) is 4.08. The number of ether oxygens (including phenoxy) is 1. The molecule has 3 heterocycles. The molecule has 1 saturated heterocycles. The Morgan fingerprint density at radius 2 is 1.94 bits per heavy atom. The molecule has 0 bridgehead atoms. The van der Waals surface area contributed by atoms with Gasteiger partial charge in [-0.15, -0.1) is 0 Å². The summed E-state index contributed by atoms with van der Waals surface area (Å²) in [6.45, 7) is 6.44. The molecule has 4 unspecified atom stereocenters. The number of nitrogens with zero attached hydrogens (tertiary/aromatic N) is 7. The Bertz CT molecular complexity index is 1170. The summed E-state index contributed by atoms with van der Waals surface area (Å²) >= 11 is 0. The molecule has 0 saturated carbocycles. The maximum atomic E-state index is 13.0. The van der Waals surface area contributed by atoms with Gasteiger partial charge in [-0.25, -0.2) is 15.0 Å². The molecule has 35 heavy (non-hydrogen) atoms. The summed E-state index contributed by atoms with van der Waals surface area (Å²) in [5.41, 5.74) is 13.7. The zero-order chi connectivity index (χ0) is 26.2. The van der Waals surface area contributed by atoms with E-state index in [1.807, 2.05) is 0 Å². The Morgan fingerprint density at radius 1 is 1.29 bits per heavy atom.